The second-order valence-electron chi connectivity index (χ2n) is 6.32. The van der Waals surface area contributed by atoms with Gasteiger partial charge in [-0.05, 0) is 58.7 Å². The molecule has 0 aliphatic carbocycles. The molecule has 0 unspecified atom stereocenters. The van der Waals surface area contributed by atoms with Gasteiger partial charge in [0.2, 0.25) is 0 Å². The monoisotopic (exact) mass is 272 g/mol. The smallest absolute Gasteiger partial charge is 0.0876 e. The molecular weight excluding hydrogens is 248 g/mol. The molecule has 108 valence electrons. The van der Waals surface area contributed by atoms with Crippen molar-refractivity contribution < 1.29 is 0 Å². The molecule has 0 fully saturated rings. The average Bonchev–Trinajstić information content (AvgIpc) is 2.64. The lowest BCUT2D eigenvalue weighted by molar-refractivity contribution is 0.423. The van der Waals surface area contributed by atoms with Crippen molar-refractivity contribution in [3.8, 4) is 5.69 Å². The van der Waals surface area contributed by atoms with E-state index in [0.717, 1.165) is 17.9 Å². The summed E-state index contributed by atoms with van der Waals surface area (Å²) in [5, 5.41) is 8.15. The highest BCUT2D eigenvalue weighted by Gasteiger charge is 2.14. The quantitative estimate of drug-likeness (QED) is 0.933. The summed E-state index contributed by atoms with van der Waals surface area (Å²) in [6.45, 7) is 13.6. The van der Waals surface area contributed by atoms with Crippen LogP contribution in [0.4, 0.5) is 0 Å². The van der Waals surface area contributed by atoms with Gasteiger partial charge < -0.3 is 5.32 Å². The summed E-state index contributed by atoms with van der Waals surface area (Å²) in [5.74, 6) is 0. The molecule has 0 bridgehead atoms. The maximum absolute atomic E-state index is 4.63. The Hall–Kier alpha value is -1.68. The van der Waals surface area contributed by atoms with Crippen LogP contribution in [0.2, 0.25) is 0 Å². The number of aryl methyl sites for hydroxylation is 1. The Bertz CT molecular complexity index is 605. The minimum atomic E-state index is 0.0888. The lowest BCUT2D eigenvalue weighted by Gasteiger charge is -2.21. The molecule has 0 saturated carbocycles. The molecule has 0 spiro atoms. The molecule has 20 heavy (non-hydrogen) atoms. The van der Waals surface area contributed by atoms with E-state index >= 15 is 0 Å². The fourth-order valence-corrected chi connectivity index (χ4v) is 2.07. The fourth-order valence-electron chi connectivity index (χ4n) is 2.07. The number of aromatic nitrogens is 3. The van der Waals surface area contributed by atoms with Crippen LogP contribution in [0.1, 0.15) is 43.3 Å². The van der Waals surface area contributed by atoms with Gasteiger partial charge in [-0.2, -0.15) is 5.10 Å². The van der Waals surface area contributed by atoms with Gasteiger partial charge >= 0.3 is 0 Å². The summed E-state index contributed by atoms with van der Waals surface area (Å²) in [4.78, 5) is 4.26. The second-order valence-corrected chi connectivity index (χ2v) is 6.32. The number of nitrogens with zero attached hydrogens (tertiary/aromatic N) is 3. The summed E-state index contributed by atoms with van der Waals surface area (Å²) < 4.78 is 2.00. The Labute approximate surface area is 121 Å². The van der Waals surface area contributed by atoms with Crippen LogP contribution in [-0.4, -0.2) is 20.3 Å². The highest BCUT2D eigenvalue weighted by molar-refractivity contribution is 5.41. The van der Waals surface area contributed by atoms with E-state index in [-0.39, 0.29) is 5.54 Å². The van der Waals surface area contributed by atoms with Crippen LogP contribution in [0.5, 0.6) is 0 Å². The van der Waals surface area contributed by atoms with E-state index in [9.17, 15) is 0 Å². The van der Waals surface area contributed by atoms with Crippen LogP contribution in [-0.2, 0) is 6.54 Å². The third-order valence-electron chi connectivity index (χ3n) is 3.58. The number of pyridine rings is 1. The first-order chi connectivity index (χ1) is 9.29. The van der Waals surface area contributed by atoms with Gasteiger partial charge in [0.15, 0.2) is 0 Å². The van der Waals surface area contributed by atoms with Gasteiger partial charge in [-0.3, -0.25) is 4.98 Å². The average molecular weight is 272 g/mol. The highest BCUT2D eigenvalue weighted by Crippen LogP contribution is 2.19. The Morgan fingerprint density at radius 1 is 1.20 bits per heavy atom. The van der Waals surface area contributed by atoms with E-state index in [1.165, 1.54) is 16.8 Å². The third-order valence-corrected chi connectivity index (χ3v) is 3.58. The molecule has 4 nitrogen and oxygen atoms in total. The van der Waals surface area contributed by atoms with Gasteiger partial charge in [0, 0.05) is 24.0 Å². The number of rotatable bonds is 3. The largest absolute Gasteiger partial charge is 0.308 e. The van der Waals surface area contributed by atoms with Gasteiger partial charge in [-0.15, -0.1) is 0 Å². The van der Waals surface area contributed by atoms with Crippen molar-refractivity contribution >= 4 is 0 Å². The zero-order valence-corrected chi connectivity index (χ0v) is 13.3. The molecule has 2 aromatic rings. The fraction of sp³-hybridized carbons (Fsp3) is 0.500. The predicted octanol–water partition coefficient (Wildman–Crippen LogP) is 3.08. The molecule has 0 radical (unpaired) electrons. The number of nitrogens with one attached hydrogen (secondary N) is 1. The molecule has 0 atom stereocenters. The van der Waals surface area contributed by atoms with E-state index < -0.39 is 0 Å². The zero-order valence-electron chi connectivity index (χ0n) is 13.3. The van der Waals surface area contributed by atoms with E-state index in [4.69, 9.17) is 0 Å². The summed E-state index contributed by atoms with van der Waals surface area (Å²) >= 11 is 0. The van der Waals surface area contributed by atoms with Crippen molar-refractivity contribution in [3.63, 3.8) is 0 Å². The van der Waals surface area contributed by atoms with Gasteiger partial charge in [0.05, 0.1) is 17.6 Å². The first-order valence-electron chi connectivity index (χ1n) is 7.01. The SMILES string of the molecule is Cc1nn(-c2cnccc2CNC(C)(C)C)c(C)c1C. The van der Waals surface area contributed by atoms with E-state index in [0.29, 0.717) is 0 Å². The van der Waals surface area contributed by atoms with Gasteiger partial charge in [-0.1, -0.05) is 0 Å². The number of hydrogen-bond acceptors (Lipinski definition) is 3. The lowest BCUT2D eigenvalue weighted by atomic mass is 10.1. The summed E-state index contributed by atoms with van der Waals surface area (Å²) in [6, 6.07) is 2.06. The number of hydrogen-bond donors (Lipinski definition) is 1. The minimum absolute atomic E-state index is 0.0888. The van der Waals surface area contributed by atoms with Crippen LogP contribution < -0.4 is 5.32 Å². The lowest BCUT2D eigenvalue weighted by Crippen LogP contribution is -2.35. The van der Waals surface area contributed by atoms with E-state index in [1.807, 2.05) is 24.0 Å². The zero-order chi connectivity index (χ0) is 14.9. The maximum Gasteiger partial charge on any atom is 0.0876 e. The molecule has 4 heteroatoms. The summed E-state index contributed by atoms with van der Waals surface area (Å²) in [5.41, 5.74) is 5.83. The van der Waals surface area contributed by atoms with Gasteiger partial charge in [-0.25, -0.2) is 4.68 Å². The Kier molecular flexibility index (Phi) is 3.95. The van der Waals surface area contributed by atoms with Crippen molar-refractivity contribution in [1.29, 1.82) is 0 Å². The first-order valence-corrected chi connectivity index (χ1v) is 7.01. The van der Waals surface area contributed by atoms with Crippen LogP contribution >= 0.6 is 0 Å². The van der Waals surface area contributed by atoms with E-state index in [2.05, 4.69) is 56.1 Å². The minimum Gasteiger partial charge on any atom is -0.308 e. The molecule has 0 aromatic carbocycles. The Morgan fingerprint density at radius 2 is 1.90 bits per heavy atom. The van der Waals surface area contributed by atoms with Gasteiger partial charge in [0.25, 0.3) is 0 Å². The van der Waals surface area contributed by atoms with Crippen LogP contribution in [0.3, 0.4) is 0 Å². The Balaban J connectivity index is 2.39. The van der Waals surface area contributed by atoms with Crippen molar-refractivity contribution in [3.05, 3.63) is 41.0 Å². The predicted molar refractivity (Wildman–Crippen MR) is 82.2 cm³/mol. The highest BCUT2D eigenvalue weighted by atomic mass is 15.3. The van der Waals surface area contributed by atoms with Crippen LogP contribution in [0, 0.1) is 20.8 Å². The topological polar surface area (TPSA) is 42.7 Å². The molecule has 0 saturated heterocycles. The molecular formula is C16H24N4. The Morgan fingerprint density at radius 3 is 2.45 bits per heavy atom. The second kappa shape index (κ2) is 5.37. The van der Waals surface area contributed by atoms with Crippen molar-refractivity contribution in [2.24, 2.45) is 0 Å². The van der Waals surface area contributed by atoms with Crippen LogP contribution in [0.25, 0.3) is 5.69 Å². The van der Waals surface area contributed by atoms with Crippen molar-refractivity contribution in [2.75, 3.05) is 0 Å². The molecule has 1 N–H and O–H groups in total. The molecule has 2 rings (SSSR count). The molecule has 2 heterocycles. The first kappa shape index (κ1) is 14.7. The molecule has 0 amide bonds. The molecule has 0 aliphatic rings. The normalized spacial score (nSPS) is 11.9. The van der Waals surface area contributed by atoms with E-state index in [1.54, 1.807) is 0 Å². The van der Waals surface area contributed by atoms with Gasteiger partial charge in [0.1, 0.15) is 0 Å². The van der Waals surface area contributed by atoms with Crippen LogP contribution in [0.15, 0.2) is 18.5 Å². The third kappa shape index (κ3) is 3.07. The molecule has 2 aromatic heterocycles. The van der Waals surface area contributed by atoms with Crippen molar-refractivity contribution in [1.82, 2.24) is 20.1 Å². The van der Waals surface area contributed by atoms with Crippen molar-refractivity contribution in [2.45, 2.75) is 53.6 Å². The summed E-state index contributed by atoms with van der Waals surface area (Å²) in [6.07, 6.45) is 3.72. The summed E-state index contributed by atoms with van der Waals surface area (Å²) in [7, 11) is 0. The molecule has 0 aliphatic heterocycles. The maximum atomic E-state index is 4.63. The standard InChI is InChI=1S/C16H24N4/c1-11-12(2)19-20(13(11)3)15-10-17-8-7-14(15)9-18-16(4,5)6/h7-8,10,18H,9H2,1-6H3.